The quantitative estimate of drug-likeness (QED) is 0.620. The minimum Gasteiger partial charge on any atom is -0.218 e. The van der Waals surface area contributed by atoms with Crippen LogP contribution in [0.3, 0.4) is 0 Å². The van der Waals surface area contributed by atoms with Crippen LogP contribution >= 0.6 is 43.5 Å². The Hall–Kier alpha value is 1.04. The van der Waals surface area contributed by atoms with Crippen LogP contribution in [0.5, 0.6) is 0 Å². The summed E-state index contributed by atoms with van der Waals surface area (Å²) < 4.78 is 39.4. The van der Waals surface area contributed by atoms with E-state index in [1.54, 1.807) is 0 Å². The van der Waals surface area contributed by atoms with Crippen LogP contribution in [-0.2, 0) is 0 Å². The summed E-state index contributed by atoms with van der Waals surface area (Å²) in [5.41, 5.74) is 0. The molecule has 0 saturated heterocycles. The smallest absolute Gasteiger partial charge is 0.218 e. The van der Waals surface area contributed by atoms with Crippen LogP contribution in [-0.4, -0.2) is 14.8 Å². The van der Waals surface area contributed by atoms with Crippen LogP contribution in [0.2, 0.25) is 0 Å². The molecule has 0 aromatic carbocycles. The topological polar surface area (TPSA) is 0 Å². The Balaban J connectivity index is 2.79. The van der Waals surface area contributed by atoms with Crippen molar-refractivity contribution in [2.75, 3.05) is 0 Å². The van der Waals surface area contributed by atoms with E-state index in [9.17, 15) is 13.2 Å². The molecule has 3 atom stereocenters. The van der Waals surface area contributed by atoms with Gasteiger partial charge < -0.3 is 0 Å². The van der Waals surface area contributed by atoms with Gasteiger partial charge in [0.25, 0.3) is 5.13 Å². The van der Waals surface area contributed by atoms with Crippen molar-refractivity contribution in [3.8, 4) is 0 Å². The van der Waals surface area contributed by atoms with Crippen LogP contribution in [0.15, 0.2) is 0 Å². The fourth-order valence-corrected chi connectivity index (χ4v) is 3.36. The highest BCUT2D eigenvalue weighted by Gasteiger charge is 2.58. The molecule has 0 heterocycles. The van der Waals surface area contributed by atoms with E-state index in [4.69, 9.17) is 11.6 Å². The Kier molecular flexibility index (Phi) is 4.21. The monoisotopic (exact) mass is 356 g/mol. The largest absolute Gasteiger partial charge is 0.348 e. The van der Waals surface area contributed by atoms with Crippen LogP contribution in [0.4, 0.5) is 13.2 Å². The molecule has 14 heavy (non-hydrogen) atoms. The third-order valence-electron chi connectivity index (χ3n) is 2.53. The molecule has 0 bridgehead atoms. The van der Waals surface area contributed by atoms with Gasteiger partial charge in [-0.25, -0.2) is 4.39 Å². The van der Waals surface area contributed by atoms with Gasteiger partial charge in [-0.05, 0) is 28.8 Å². The maximum Gasteiger partial charge on any atom is 0.348 e. The van der Waals surface area contributed by atoms with Crippen LogP contribution in [0.1, 0.15) is 25.7 Å². The summed E-state index contributed by atoms with van der Waals surface area (Å²) in [4.78, 5) is -3.96. The van der Waals surface area contributed by atoms with Gasteiger partial charge >= 0.3 is 4.83 Å². The van der Waals surface area contributed by atoms with Gasteiger partial charge in [-0.15, -0.1) is 0 Å². The Morgan fingerprint density at radius 2 is 1.64 bits per heavy atom. The first-order chi connectivity index (χ1) is 6.27. The summed E-state index contributed by atoms with van der Waals surface area (Å²) in [7, 11) is 0. The average molecular weight is 358 g/mol. The molecule has 84 valence electrons. The van der Waals surface area contributed by atoms with Crippen LogP contribution in [0, 0.1) is 5.92 Å². The van der Waals surface area contributed by atoms with Crippen molar-refractivity contribution in [3.63, 3.8) is 0 Å². The van der Waals surface area contributed by atoms with Crippen molar-refractivity contribution in [2.45, 2.75) is 40.5 Å². The van der Waals surface area contributed by atoms with Gasteiger partial charge in [0.15, 0.2) is 0 Å². The van der Waals surface area contributed by atoms with Crippen molar-refractivity contribution in [2.24, 2.45) is 5.92 Å². The molecule has 0 amide bonds. The number of hydrogen-bond donors (Lipinski definition) is 0. The van der Waals surface area contributed by atoms with Gasteiger partial charge in [0, 0.05) is 10.7 Å². The molecule has 1 fully saturated rings. The molecule has 0 aliphatic heterocycles. The third-order valence-corrected chi connectivity index (χ3v) is 4.94. The molecule has 6 heteroatoms. The highest BCUT2D eigenvalue weighted by atomic mass is 79.9. The standard InChI is InChI=1S/C8H10Br2ClF3/c9-6-4-2-1-3-5(6)7(11,12)8(10,13)14/h5-6H,1-4H2/t5-,6-,7+/m1/s1. The van der Waals surface area contributed by atoms with Crippen molar-refractivity contribution in [1.82, 2.24) is 0 Å². The Labute approximate surface area is 103 Å². The number of halogens is 6. The lowest BCUT2D eigenvalue weighted by atomic mass is 9.85. The lowest BCUT2D eigenvalue weighted by Crippen LogP contribution is -2.46. The van der Waals surface area contributed by atoms with Crippen molar-refractivity contribution in [3.05, 3.63) is 0 Å². The highest BCUT2D eigenvalue weighted by Crippen LogP contribution is 2.52. The van der Waals surface area contributed by atoms with E-state index >= 15 is 0 Å². The minimum absolute atomic E-state index is 0.276. The van der Waals surface area contributed by atoms with Gasteiger partial charge in [-0.3, -0.25) is 0 Å². The van der Waals surface area contributed by atoms with Gasteiger partial charge in [0.2, 0.25) is 0 Å². The Morgan fingerprint density at radius 1 is 1.14 bits per heavy atom. The molecule has 1 aliphatic carbocycles. The second kappa shape index (κ2) is 4.50. The number of hydrogen-bond acceptors (Lipinski definition) is 0. The van der Waals surface area contributed by atoms with Gasteiger partial charge in [-0.1, -0.05) is 40.4 Å². The molecule has 0 unspecified atom stereocenters. The average Bonchev–Trinajstić information content (AvgIpc) is 2.02. The molecule has 0 radical (unpaired) electrons. The fraction of sp³-hybridized carbons (Fsp3) is 1.00. The molecule has 0 N–H and O–H groups in total. The lowest BCUT2D eigenvalue weighted by molar-refractivity contribution is -0.0447. The molecule has 0 nitrogen and oxygen atoms in total. The zero-order valence-corrected chi connectivity index (χ0v) is 11.2. The molecule has 1 rings (SSSR count). The van der Waals surface area contributed by atoms with E-state index in [-0.39, 0.29) is 4.83 Å². The van der Waals surface area contributed by atoms with E-state index < -0.39 is 15.9 Å². The Bertz CT molecular complexity index is 205. The fourth-order valence-electron chi connectivity index (χ4n) is 1.70. The van der Waals surface area contributed by atoms with E-state index in [1.807, 2.05) is 15.9 Å². The van der Waals surface area contributed by atoms with E-state index in [0.717, 1.165) is 12.8 Å². The van der Waals surface area contributed by atoms with Gasteiger partial charge in [0.1, 0.15) is 0 Å². The SMILES string of the molecule is FC(F)(Br)[C@](F)(Cl)[C@@H]1CCCC[C@H]1Br. The second-order valence-corrected chi connectivity index (χ2v) is 6.25. The normalized spacial score (nSPS) is 33.9. The second-order valence-electron chi connectivity index (χ2n) is 3.53. The summed E-state index contributed by atoms with van der Waals surface area (Å²) in [6, 6.07) is 0. The minimum atomic E-state index is -3.68. The molecular formula is C8H10Br2ClF3. The van der Waals surface area contributed by atoms with Crippen molar-refractivity contribution in [1.29, 1.82) is 0 Å². The Morgan fingerprint density at radius 3 is 2.07 bits per heavy atom. The van der Waals surface area contributed by atoms with Gasteiger partial charge in [0.05, 0.1) is 0 Å². The molecule has 0 aromatic heterocycles. The zero-order valence-electron chi connectivity index (χ0n) is 7.25. The predicted octanol–water partition coefficient (Wildman–Crippen LogP) is 4.83. The summed E-state index contributed by atoms with van der Waals surface area (Å²) in [6.45, 7) is 0. The highest BCUT2D eigenvalue weighted by molar-refractivity contribution is 9.10. The summed E-state index contributed by atoms with van der Waals surface area (Å²) in [5, 5.41) is -3.01. The molecule has 1 aliphatic rings. The van der Waals surface area contributed by atoms with Crippen molar-refractivity contribution < 1.29 is 13.2 Å². The van der Waals surface area contributed by atoms with Crippen LogP contribution in [0.25, 0.3) is 0 Å². The first kappa shape index (κ1) is 13.1. The summed E-state index contributed by atoms with van der Waals surface area (Å²) in [5.74, 6) is -0.854. The van der Waals surface area contributed by atoms with E-state index in [0.29, 0.717) is 12.8 Å². The molecular weight excluding hydrogens is 348 g/mol. The van der Waals surface area contributed by atoms with E-state index in [2.05, 4.69) is 15.9 Å². The maximum atomic E-state index is 13.7. The zero-order chi connectivity index (χ0) is 11.0. The predicted molar refractivity (Wildman–Crippen MR) is 58.2 cm³/mol. The molecule has 1 saturated carbocycles. The van der Waals surface area contributed by atoms with Gasteiger partial charge in [-0.2, -0.15) is 8.78 Å². The third kappa shape index (κ3) is 2.59. The number of alkyl halides is 6. The molecule has 0 spiro atoms. The maximum absolute atomic E-state index is 13.7. The first-order valence-corrected chi connectivity index (χ1v) is 6.44. The molecule has 0 aromatic rings. The van der Waals surface area contributed by atoms with Crippen molar-refractivity contribution >= 4 is 43.5 Å². The van der Waals surface area contributed by atoms with E-state index in [1.165, 1.54) is 0 Å². The summed E-state index contributed by atoms with van der Waals surface area (Å²) >= 11 is 10.5. The lowest BCUT2D eigenvalue weighted by Gasteiger charge is -2.37. The summed E-state index contributed by atoms with van der Waals surface area (Å²) in [6.07, 6.45) is 2.74. The first-order valence-electron chi connectivity index (χ1n) is 4.35. The van der Waals surface area contributed by atoms with Crippen LogP contribution < -0.4 is 0 Å². The number of rotatable bonds is 2.